The quantitative estimate of drug-likeness (QED) is 0.390. The van der Waals surface area contributed by atoms with Crippen molar-refractivity contribution in [3.8, 4) is 11.5 Å². The molecule has 1 aliphatic rings. The molecule has 8 nitrogen and oxygen atoms in total. The van der Waals surface area contributed by atoms with E-state index in [0.29, 0.717) is 17.2 Å². The monoisotopic (exact) mass is 460 g/mol. The Morgan fingerprint density at radius 2 is 1.91 bits per heavy atom. The Morgan fingerprint density at radius 1 is 1.12 bits per heavy atom. The lowest BCUT2D eigenvalue weighted by Gasteiger charge is -2.20. The number of carbonyl (C=O) groups is 2. The van der Waals surface area contributed by atoms with E-state index < -0.39 is 11.9 Å². The number of fused-ring (bicyclic) bond motifs is 1. The van der Waals surface area contributed by atoms with Crippen LogP contribution in [-0.2, 0) is 11.3 Å². The Bertz CT molecular complexity index is 1370. The van der Waals surface area contributed by atoms with Gasteiger partial charge in [0, 0.05) is 12.0 Å². The van der Waals surface area contributed by atoms with Gasteiger partial charge in [-0.3, -0.25) is 9.69 Å². The topological polar surface area (TPSA) is 96.2 Å². The number of carboxylic acid groups (broad SMARTS) is 1. The number of aromatic nitrogens is 2. The molecule has 1 aliphatic carbocycles. The van der Waals surface area contributed by atoms with Crippen molar-refractivity contribution in [2.45, 2.75) is 19.4 Å². The van der Waals surface area contributed by atoms with Crippen LogP contribution >= 0.6 is 0 Å². The molecule has 2 aromatic heterocycles. The first-order valence-corrected chi connectivity index (χ1v) is 10.8. The highest BCUT2D eigenvalue weighted by Crippen LogP contribution is 2.31. The average Bonchev–Trinajstić information content (AvgIpc) is 3.60. The standard InChI is InChI=1S/C25H21FN4O4/c26-20-12-18(30(25(32)33)13-16-4-2-1-3-5-16)8-10-21(20)34-19-9-11-23-27-22(15-29(23)14-19)28-24(31)17-6-7-17/h1-5,8-12,14-15,17H,6-7,13H2,(H,28,31)(H,32,33). The third kappa shape index (κ3) is 4.68. The van der Waals surface area contributed by atoms with Crippen LogP contribution in [0.25, 0.3) is 5.65 Å². The van der Waals surface area contributed by atoms with Crippen LogP contribution in [0, 0.1) is 11.7 Å². The molecule has 2 amide bonds. The fourth-order valence-corrected chi connectivity index (χ4v) is 3.57. The van der Waals surface area contributed by atoms with Crippen LogP contribution in [0.15, 0.2) is 73.1 Å². The normalized spacial score (nSPS) is 13.0. The van der Waals surface area contributed by atoms with Crippen molar-refractivity contribution in [1.29, 1.82) is 0 Å². The van der Waals surface area contributed by atoms with Gasteiger partial charge in [-0.05, 0) is 42.7 Å². The zero-order valence-electron chi connectivity index (χ0n) is 18.0. The molecule has 2 aromatic carbocycles. The van der Waals surface area contributed by atoms with Gasteiger partial charge in [0.1, 0.15) is 11.4 Å². The van der Waals surface area contributed by atoms with Gasteiger partial charge in [0.05, 0.1) is 24.6 Å². The number of hydrogen-bond donors (Lipinski definition) is 2. The van der Waals surface area contributed by atoms with E-state index in [1.54, 1.807) is 41.1 Å². The Morgan fingerprint density at radius 3 is 2.62 bits per heavy atom. The van der Waals surface area contributed by atoms with Crippen molar-refractivity contribution in [3.05, 3.63) is 84.4 Å². The molecule has 0 aliphatic heterocycles. The highest BCUT2D eigenvalue weighted by Gasteiger charge is 2.30. The van der Waals surface area contributed by atoms with E-state index in [0.717, 1.165) is 29.4 Å². The number of amides is 2. The van der Waals surface area contributed by atoms with E-state index in [4.69, 9.17) is 4.74 Å². The first kappa shape index (κ1) is 21.4. The summed E-state index contributed by atoms with van der Waals surface area (Å²) in [5.41, 5.74) is 1.58. The van der Waals surface area contributed by atoms with Crippen LogP contribution in [0.5, 0.6) is 11.5 Å². The zero-order chi connectivity index (χ0) is 23.7. The molecule has 2 heterocycles. The van der Waals surface area contributed by atoms with E-state index in [9.17, 15) is 19.1 Å². The van der Waals surface area contributed by atoms with Crippen LogP contribution in [0.1, 0.15) is 18.4 Å². The number of rotatable bonds is 7. The molecule has 0 saturated heterocycles. The van der Waals surface area contributed by atoms with Crippen molar-refractivity contribution in [2.24, 2.45) is 5.92 Å². The maximum Gasteiger partial charge on any atom is 0.412 e. The number of halogens is 1. The molecular weight excluding hydrogens is 439 g/mol. The Hall–Kier alpha value is -4.40. The molecule has 5 rings (SSSR count). The van der Waals surface area contributed by atoms with Gasteiger partial charge in [-0.2, -0.15) is 0 Å². The number of carbonyl (C=O) groups excluding carboxylic acids is 1. The van der Waals surface area contributed by atoms with Crippen LogP contribution in [0.2, 0.25) is 0 Å². The molecule has 1 fully saturated rings. The van der Waals surface area contributed by atoms with E-state index in [1.165, 1.54) is 12.1 Å². The number of imidazole rings is 1. The number of pyridine rings is 1. The van der Waals surface area contributed by atoms with Gasteiger partial charge in [0.25, 0.3) is 0 Å². The van der Waals surface area contributed by atoms with Crippen molar-refractivity contribution in [1.82, 2.24) is 9.38 Å². The zero-order valence-corrected chi connectivity index (χ0v) is 18.0. The predicted octanol–water partition coefficient (Wildman–Crippen LogP) is 5.30. The Kier molecular flexibility index (Phi) is 5.59. The SMILES string of the molecule is O=C(Nc1cn2cc(Oc3ccc(N(Cc4ccccc4)C(=O)O)cc3F)ccc2n1)C1CC1. The minimum Gasteiger partial charge on any atom is -0.465 e. The lowest BCUT2D eigenvalue weighted by molar-refractivity contribution is -0.117. The van der Waals surface area contributed by atoms with E-state index in [1.807, 2.05) is 18.2 Å². The molecular formula is C25H21FN4O4. The summed E-state index contributed by atoms with van der Waals surface area (Å²) in [7, 11) is 0. The van der Waals surface area contributed by atoms with Gasteiger partial charge < -0.3 is 19.6 Å². The summed E-state index contributed by atoms with van der Waals surface area (Å²) < 4.78 is 22.2. The van der Waals surface area contributed by atoms with Gasteiger partial charge in [0.15, 0.2) is 17.4 Å². The summed E-state index contributed by atoms with van der Waals surface area (Å²) in [6.45, 7) is 0.0900. The second-order valence-electron chi connectivity index (χ2n) is 8.09. The lowest BCUT2D eigenvalue weighted by Crippen LogP contribution is -2.28. The summed E-state index contributed by atoms with van der Waals surface area (Å²) in [5, 5.41) is 12.4. The Labute approximate surface area is 194 Å². The highest BCUT2D eigenvalue weighted by atomic mass is 19.1. The first-order valence-electron chi connectivity index (χ1n) is 10.8. The van der Waals surface area contributed by atoms with Crippen molar-refractivity contribution in [2.75, 3.05) is 10.2 Å². The molecule has 0 spiro atoms. The second-order valence-corrected chi connectivity index (χ2v) is 8.09. The fourth-order valence-electron chi connectivity index (χ4n) is 3.57. The number of nitrogens with one attached hydrogen (secondary N) is 1. The summed E-state index contributed by atoms with van der Waals surface area (Å²) in [6.07, 6.45) is 3.90. The van der Waals surface area contributed by atoms with Crippen LogP contribution in [-0.4, -0.2) is 26.5 Å². The second kappa shape index (κ2) is 8.86. The summed E-state index contributed by atoms with van der Waals surface area (Å²) in [4.78, 5) is 29.1. The molecule has 0 radical (unpaired) electrons. The number of nitrogens with zero attached hydrogens (tertiary/aromatic N) is 3. The molecule has 1 saturated carbocycles. The van der Waals surface area contributed by atoms with Crippen molar-refractivity contribution < 1.29 is 23.8 Å². The van der Waals surface area contributed by atoms with Gasteiger partial charge in [-0.25, -0.2) is 14.2 Å². The minimum atomic E-state index is -1.19. The molecule has 0 bridgehead atoms. The van der Waals surface area contributed by atoms with E-state index in [-0.39, 0.29) is 29.8 Å². The van der Waals surface area contributed by atoms with Gasteiger partial charge in [-0.1, -0.05) is 30.3 Å². The summed E-state index contributed by atoms with van der Waals surface area (Å²) >= 11 is 0. The lowest BCUT2D eigenvalue weighted by atomic mass is 10.2. The molecule has 4 aromatic rings. The molecule has 0 unspecified atom stereocenters. The molecule has 34 heavy (non-hydrogen) atoms. The van der Waals surface area contributed by atoms with E-state index in [2.05, 4.69) is 10.3 Å². The molecule has 9 heteroatoms. The van der Waals surface area contributed by atoms with Crippen LogP contribution in [0.3, 0.4) is 0 Å². The van der Waals surface area contributed by atoms with Gasteiger partial charge in [0.2, 0.25) is 5.91 Å². The molecule has 0 atom stereocenters. The predicted molar refractivity (Wildman–Crippen MR) is 124 cm³/mol. The van der Waals surface area contributed by atoms with Crippen molar-refractivity contribution >= 4 is 29.2 Å². The summed E-state index contributed by atoms with van der Waals surface area (Å²) in [6, 6.07) is 16.4. The largest absolute Gasteiger partial charge is 0.465 e. The first-order chi connectivity index (χ1) is 16.5. The third-order valence-corrected chi connectivity index (χ3v) is 5.49. The number of anilines is 2. The number of hydrogen-bond acceptors (Lipinski definition) is 4. The van der Waals surface area contributed by atoms with Crippen molar-refractivity contribution in [3.63, 3.8) is 0 Å². The Balaban J connectivity index is 1.33. The molecule has 2 N–H and O–H groups in total. The summed E-state index contributed by atoms with van der Waals surface area (Å²) in [5.74, 6) is 0.0901. The number of ether oxygens (including phenoxy) is 1. The van der Waals surface area contributed by atoms with E-state index >= 15 is 0 Å². The third-order valence-electron chi connectivity index (χ3n) is 5.49. The van der Waals surface area contributed by atoms with Crippen LogP contribution < -0.4 is 15.0 Å². The number of benzene rings is 2. The maximum atomic E-state index is 14.8. The molecule has 172 valence electrons. The average molecular weight is 460 g/mol. The maximum absolute atomic E-state index is 14.8. The fraction of sp³-hybridized carbons (Fsp3) is 0.160. The smallest absolute Gasteiger partial charge is 0.412 e. The van der Waals surface area contributed by atoms with Gasteiger partial charge >= 0.3 is 6.09 Å². The van der Waals surface area contributed by atoms with Crippen LogP contribution in [0.4, 0.5) is 20.7 Å². The van der Waals surface area contributed by atoms with Gasteiger partial charge in [-0.15, -0.1) is 0 Å². The minimum absolute atomic E-state index is 0.0373. The highest BCUT2D eigenvalue weighted by molar-refractivity contribution is 5.93.